The first-order chi connectivity index (χ1) is 10.3. The first-order valence-electron chi connectivity index (χ1n) is 6.68. The van der Waals surface area contributed by atoms with Gasteiger partial charge in [-0.05, 0) is 52.2 Å². The van der Waals surface area contributed by atoms with E-state index in [1.165, 1.54) is 0 Å². The Morgan fingerprint density at radius 1 is 0.905 bits per heavy atom. The minimum absolute atomic E-state index is 0.686. The fourth-order valence-corrected chi connectivity index (χ4v) is 2.39. The molecule has 0 spiro atoms. The number of anilines is 1. The number of hydrogen-bond acceptors (Lipinski definition) is 2. The standard InChI is InChI=1S/C18H15NO2/c1-21-18-8-7-15-9-14(5-6-16(15)11-18)13-3-2-4-17(10-13)19-12-20/h2-12H,1H3,(H,19,20). The second kappa shape index (κ2) is 5.67. The molecule has 0 saturated heterocycles. The molecule has 3 heteroatoms. The summed E-state index contributed by atoms with van der Waals surface area (Å²) in [6.45, 7) is 0. The molecule has 0 heterocycles. The molecule has 0 aromatic heterocycles. The van der Waals surface area contributed by atoms with Gasteiger partial charge in [-0.3, -0.25) is 4.79 Å². The number of carbonyl (C=O) groups is 1. The van der Waals surface area contributed by atoms with Crippen LogP contribution in [0.5, 0.6) is 5.75 Å². The van der Waals surface area contributed by atoms with E-state index < -0.39 is 0 Å². The van der Waals surface area contributed by atoms with Gasteiger partial charge in [0.2, 0.25) is 6.41 Å². The number of nitrogens with one attached hydrogen (secondary N) is 1. The summed E-state index contributed by atoms with van der Waals surface area (Å²) in [5.41, 5.74) is 2.97. The number of fused-ring (bicyclic) bond motifs is 1. The molecule has 3 aromatic carbocycles. The van der Waals surface area contributed by atoms with E-state index in [-0.39, 0.29) is 0 Å². The largest absolute Gasteiger partial charge is 0.497 e. The van der Waals surface area contributed by atoms with Crippen LogP contribution in [0.3, 0.4) is 0 Å². The molecule has 0 fully saturated rings. The Bertz CT molecular complexity index is 796. The van der Waals surface area contributed by atoms with Gasteiger partial charge in [-0.15, -0.1) is 0 Å². The van der Waals surface area contributed by atoms with E-state index in [9.17, 15) is 4.79 Å². The second-order valence-electron chi connectivity index (χ2n) is 4.77. The first kappa shape index (κ1) is 13.2. The quantitative estimate of drug-likeness (QED) is 0.730. The Balaban J connectivity index is 2.04. The van der Waals surface area contributed by atoms with Gasteiger partial charge < -0.3 is 10.1 Å². The van der Waals surface area contributed by atoms with E-state index in [0.29, 0.717) is 6.41 Å². The fraction of sp³-hybridized carbons (Fsp3) is 0.0556. The summed E-state index contributed by atoms with van der Waals surface area (Å²) in [6, 6.07) is 20.1. The lowest BCUT2D eigenvalue weighted by molar-refractivity contribution is -0.105. The summed E-state index contributed by atoms with van der Waals surface area (Å²) in [4.78, 5) is 10.5. The highest BCUT2D eigenvalue weighted by Gasteiger charge is 2.02. The molecule has 0 atom stereocenters. The zero-order valence-corrected chi connectivity index (χ0v) is 11.7. The lowest BCUT2D eigenvalue weighted by Gasteiger charge is -2.07. The molecule has 0 bridgehead atoms. The summed E-state index contributed by atoms with van der Waals surface area (Å²) in [6.07, 6.45) is 0.686. The van der Waals surface area contributed by atoms with Crippen molar-refractivity contribution in [3.05, 3.63) is 60.7 Å². The van der Waals surface area contributed by atoms with Gasteiger partial charge >= 0.3 is 0 Å². The van der Waals surface area contributed by atoms with Crippen LogP contribution in [-0.2, 0) is 4.79 Å². The third-order valence-electron chi connectivity index (χ3n) is 3.47. The molecule has 0 unspecified atom stereocenters. The molecule has 3 rings (SSSR count). The van der Waals surface area contributed by atoms with Crippen molar-refractivity contribution in [2.24, 2.45) is 0 Å². The molecule has 1 N–H and O–H groups in total. The van der Waals surface area contributed by atoms with Crippen LogP contribution in [-0.4, -0.2) is 13.5 Å². The van der Waals surface area contributed by atoms with Crippen LogP contribution in [0.15, 0.2) is 60.7 Å². The van der Waals surface area contributed by atoms with Crippen molar-refractivity contribution in [1.82, 2.24) is 0 Å². The highest BCUT2D eigenvalue weighted by molar-refractivity contribution is 5.89. The molecule has 21 heavy (non-hydrogen) atoms. The number of hydrogen-bond donors (Lipinski definition) is 1. The third kappa shape index (κ3) is 2.72. The van der Waals surface area contributed by atoms with Crippen molar-refractivity contribution in [1.29, 1.82) is 0 Å². The Morgan fingerprint density at radius 2 is 1.67 bits per heavy atom. The minimum Gasteiger partial charge on any atom is -0.497 e. The Labute approximate surface area is 123 Å². The fourth-order valence-electron chi connectivity index (χ4n) is 2.39. The van der Waals surface area contributed by atoms with Crippen molar-refractivity contribution < 1.29 is 9.53 Å². The van der Waals surface area contributed by atoms with Crippen LogP contribution in [0, 0.1) is 0 Å². The number of methoxy groups -OCH3 is 1. The van der Waals surface area contributed by atoms with E-state index in [1.54, 1.807) is 7.11 Å². The molecule has 0 aliphatic rings. The lowest BCUT2D eigenvalue weighted by atomic mass is 10.0. The summed E-state index contributed by atoms with van der Waals surface area (Å²) >= 11 is 0. The van der Waals surface area contributed by atoms with Crippen LogP contribution < -0.4 is 10.1 Å². The second-order valence-corrected chi connectivity index (χ2v) is 4.77. The minimum atomic E-state index is 0.686. The predicted octanol–water partition coefficient (Wildman–Crippen LogP) is 4.08. The van der Waals surface area contributed by atoms with E-state index in [2.05, 4.69) is 23.5 Å². The summed E-state index contributed by atoms with van der Waals surface area (Å²) < 4.78 is 5.24. The monoisotopic (exact) mass is 277 g/mol. The van der Waals surface area contributed by atoms with E-state index in [4.69, 9.17) is 4.74 Å². The predicted molar refractivity (Wildman–Crippen MR) is 85.6 cm³/mol. The highest BCUT2D eigenvalue weighted by atomic mass is 16.5. The number of rotatable bonds is 4. The van der Waals surface area contributed by atoms with Gasteiger partial charge in [-0.1, -0.05) is 30.3 Å². The van der Waals surface area contributed by atoms with Crippen molar-refractivity contribution in [2.45, 2.75) is 0 Å². The highest BCUT2D eigenvalue weighted by Crippen LogP contribution is 2.28. The number of amides is 1. The van der Waals surface area contributed by atoms with Gasteiger partial charge in [0.15, 0.2) is 0 Å². The molecule has 3 aromatic rings. The summed E-state index contributed by atoms with van der Waals surface area (Å²) in [5.74, 6) is 0.854. The third-order valence-corrected chi connectivity index (χ3v) is 3.47. The van der Waals surface area contributed by atoms with Crippen LogP contribution >= 0.6 is 0 Å². The Morgan fingerprint density at radius 3 is 2.48 bits per heavy atom. The zero-order chi connectivity index (χ0) is 14.7. The molecular weight excluding hydrogens is 262 g/mol. The molecule has 1 amide bonds. The maximum atomic E-state index is 10.5. The SMILES string of the molecule is COc1ccc2cc(-c3cccc(NC=O)c3)ccc2c1. The molecule has 104 valence electrons. The van der Waals surface area contributed by atoms with Crippen LogP contribution in [0.4, 0.5) is 5.69 Å². The molecule has 0 radical (unpaired) electrons. The van der Waals surface area contributed by atoms with Gasteiger partial charge in [0, 0.05) is 5.69 Å². The van der Waals surface area contributed by atoms with Gasteiger partial charge in [0.05, 0.1) is 7.11 Å². The average molecular weight is 277 g/mol. The van der Waals surface area contributed by atoms with Gasteiger partial charge in [0.1, 0.15) is 5.75 Å². The number of ether oxygens (including phenoxy) is 1. The van der Waals surface area contributed by atoms with Gasteiger partial charge in [-0.2, -0.15) is 0 Å². The van der Waals surface area contributed by atoms with Crippen molar-refractivity contribution in [2.75, 3.05) is 12.4 Å². The van der Waals surface area contributed by atoms with Gasteiger partial charge in [0.25, 0.3) is 0 Å². The van der Waals surface area contributed by atoms with Crippen molar-refractivity contribution in [3.8, 4) is 16.9 Å². The number of benzene rings is 3. The maximum absolute atomic E-state index is 10.5. The lowest BCUT2D eigenvalue weighted by Crippen LogP contribution is -1.93. The molecule has 0 saturated carbocycles. The maximum Gasteiger partial charge on any atom is 0.211 e. The van der Waals surface area contributed by atoms with Gasteiger partial charge in [-0.25, -0.2) is 0 Å². The molecule has 0 aliphatic heterocycles. The van der Waals surface area contributed by atoms with E-state index >= 15 is 0 Å². The zero-order valence-electron chi connectivity index (χ0n) is 11.7. The van der Waals surface area contributed by atoms with Crippen LogP contribution in [0.1, 0.15) is 0 Å². The molecule has 0 aliphatic carbocycles. The Kier molecular flexibility index (Phi) is 3.56. The van der Waals surface area contributed by atoms with Crippen LogP contribution in [0.25, 0.3) is 21.9 Å². The topological polar surface area (TPSA) is 38.3 Å². The van der Waals surface area contributed by atoms with E-state index in [0.717, 1.165) is 33.3 Å². The Hall–Kier alpha value is -2.81. The van der Waals surface area contributed by atoms with E-state index in [1.807, 2.05) is 42.5 Å². The van der Waals surface area contributed by atoms with Crippen molar-refractivity contribution >= 4 is 22.9 Å². The molecular formula is C18H15NO2. The average Bonchev–Trinajstić information content (AvgIpc) is 2.54. The first-order valence-corrected chi connectivity index (χ1v) is 6.68. The number of carbonyl (C=O) groups excluding carboxylic acids is 1. The molecule has 3 nitrogen and oxygen atoms in total. The normalized spacial score (nSPS) is 10.3. The van der Waals surface area contributed by atoms with Crippen LogP contribution in [0.2, 0.25) is 0 Å². The van der Waals surface area contributed by atoms with Crippen molar-refractivity contribution in [3.63, 3.8) is 0 Å². The smallest absolute Gasteiger partial charge is 0.211 e. The summed E-state index contributed by atoms with van der Waals surface area (Å²) in [5, 5.41) is 4.97. The summed E-state index contributed by atoms with van der Waals surface area (Å²) in [7, 11) is 1.67.